The van der Waals surface area contributed by atoms with E-state index in [1.807, 2.05) is 49.3 Å². The normalized spacial score (nSPS) is 11.0. The third kappa shape index (κ3) is 5.16. The Hall–Kier alpha value is -1.69. The van der Waals surface area contributed by atoms with Crippen LogP contribution in [0.3, 0.4) is 0 Å². The Morgan fingerprint density at radius 2 is 1.83 bits per heavy atom. The van der Waals surface area contributed by atoms with Gasteiger partial charge in [-0.3, -0.25) is 4.79 Å². The zero-order valence-electron chi connectivity index (χ0n) is 14.8. The van der Waals surface area contributed by atoms with Crippen molar-refractivity contribution in [2.24, 2.45) is 11.7 Å². The van der Waals surface area contributed by atoms with Crippen molar-refractivity contribution < 1.29 is 0 Å². The first-order valence-electron chi connectivity index (χ1n) is 7.96. The average molecular weight is 351 g/mol. The Labute approximate surface area is 149 Å². The van der Waals surface area contributed by atoms with Crippen molar-refractivity contribution in [3.8, 4) is 11.3 Å². The lowest BCUT2D eigenvalue weighted by Gasteiger charge is -2.15. The van der Waals surface area contributed by atoms with Crippen LogP contribution in [0.15, 0.2) is 35.1 Å². The third-order valence-corrected chi connectivity index (χ3v) is 3.56. The molecule has 2 N–H and O–H groups in total. The third-order valence-electron chi connectivity index (χ3n) is 3.56. The van der Waals surface area contributed by atoms with Gasteiger partial charge in [-0.1, -0.05) is 38.1 Å². The van der Waals surface area contributed by atoms with Crippen molar-refractivity contribution in [2.75, 3.05) is 14.1 Å². The van der Waals surface area contributed by atoms with Gasteiger partial charge in [0.05, 0.1) is 5.69 Å². The monoisotopic (exact) mass is 350 g/mol. The Morgan fingerprint density at radius 3 is 2.33 bits per heavy atom. The van der Waals surface area contributed by atoms with Crippen LogP contribution >= 0.6 is 12.4 Å². The Balaban J connectivity index is 0.00000288. The van der Waals surface area contributed by atoms with Crippen molar-refractivity contribution in [3.63, 3.8) is 0 Å². The first-order chi connectivity index (χ1) is 10.9. The molecule has 0 aliphatic heterocycles. The molecule has 1 heterocycles. The minimum absolute atomic E-state index is 0. The lowest BCUT2D eigenvalue weighted by atomic mass is 10.1. The van der Waals surface area contributed by atoms with Crippen molar-refractivity contribution >= 4 is 12.4 Å². The number of benzene rings is 1. The number of hydrogen-bond donors (Lipinski definition) is 1. The maximum Gasteiger partial charge on any atom is 0.271 e. The number of halogens is 1. The molecule has 24 heavy (non-hydrogen) atoms. The molecule has 0 radical (unpaired) electrons. The summed E-state index contributed by atoms with van der Waals surface area (Å²) in [5, 5.41) is 4.56. The Morgan fingerprint density at radius 1 is 1.21 bits per heavy atom. The number of nitrogens with two attached hydrogens (primary N) is 1. The highest BCUT2D eigenvalue weighted by molar-refractivity contribution is 5.85. The molecule has 0 fully saturated rings. The second kappa shape index (κ2) is 8.97. The predicted molar refractivity (Wildman–Crippen MR) is 101 cm³/mol. The van der Waals surface area contributed by atoms with E-state index in [1.54, 1.807) is 4.68 Å². The minimum Gasteiger partial charge on any atom is -0.326 e. The maximum atomic E-state index is 12.6. The summed E-state index contributed by atoms with van der Waals surface area (Å²) in [5.74, 6) is 0.363. The smallest absolute Gasteiger partial charge is 0.271 e. The van der Waals surface area contributed by atoms with Gasteiger partial charge in [-0.25, -0.2) is 4.68 Å². The van der Waals surface area contributed by atoms with Gasteiger partial charge < -0.3 is 10.6 Å². The van der Waals surface area contributed by atoms with Gasteiger partial charge in [0.15, 0.2) is 0 Å². The first-order valence-corrected chi connectivity index (χ1v) is 7.96. The molecule has 0 unspecified atom stereocenters. The second-order valence-corrected chi connectivity index (χ2v) is 6.57. The molecule has 2 rings (SSSR count). The molecule has 0 spiro atoms. The summed E-state index contributed by atoms with van der Waals surface area (Å²) in [5.41, 5.74) is 9.32. The highest BCUT2D eigenvalue weighted by Crippen LogP contribution is 2.18. The van der Waals surface area contributed by atoms with E-state index in [-0.39, 0.29) is 18.0 Å². The van der Waals surface area contributed by atoms with E-state index < -0.39 is 0 Å². The topological polar surface area (TPSA) is 64.2 Å². The molecule has 0 aliphatic rings. The van der Waals surface area contributed by atoms with Gasteiger partial charge in [-0.2, -0.15) is 5.10 Å². The molecule has 0 aliphatic carbocycles. The van der Waals surface area contributed by atoms with Crippen LogP contribution in [0.2, 0.25) is 0 Å². The largest absolute Gasteiger partial charge is 0.326 e. The van der Waals surface area contributed by atoms with Crippen molar-refractivity contribution in [3.05, 3.63) is 51.8 Å². The number of rotatable bonds is 6. The fourth-order valence-electron chi connectivity index (χ4n) is 2.47. The lowest BCUT2D eigenvalue weighted by molar-refractivity contribution is 0.392. The van der Waals surface area contributed by atoms with Gasteiger partial charge in [0, 0.05) is 30.8 Å². The van der Waals surface area contributed by atoms with Crippen LogP contribution in [0, 0.1) is 5.92 Å². The molecule has 0 bridgehead atoms. The highest BCUT2D eigenvalue weighted by Gasteiger charge is 2.12. The molecule has 132 valence electrons. The Bertz CT molecular complexity index is 674. The summed E-state index contributed by atoms with van der Waals surface area (Å²) in [4.78, 5) is 14.6. The van der Waals surface area contributed by atoms with Gasteiger partial charge in [0.25, 0.3) is 5.56 Å². The fraction of sp³-hybridized carbons (Fsp3) is 0.444. The van der Waals surface area contributed by atoms with Crippen LogP contribution in [0.25, 0.3) is 11.3 Å². The zero-order valence-corrected chi connectivity index (χ0v) is 15.6. The SMILES string of the molecule is CC(C)Cn1nc(-c2ccc(CN)cc2)cc(CN(C)C)c1=O.Cl. The highest BCUT2D eigenvalue weighted by atomic mass is 35.5. The summed E-state index contributed by atoms with van der Waals surface area (Å²) in [7, 11) is 3.92. The number of aromatic nitrogens is 2. The van der Waals surface area contributed by atoms with Crippen molar-refractivity contribution in [1.82, 2.24) is 14.7 Å². The molecule has 0 amide bonds. The van der Waals surface area contributed by atoms with Gasteiger partial charge in [-0.05, 0) is 31.6 Å². The van der Waals surface area contributed by atoms with Gasteiger partial charge in [-0.15, -0.1) is 12.4 Å². The van der Waals surface area contributed by atoms with Crippen LogP contribution in [-0.4, -0.2) is 28.8 Å². The summed E-state index contributed by atoms with van der Waals surface area (Å²) >= 11 is 0. The average Bonchev–Trinajstić information content (AvgIpc) is 2.50. The lowest BCUT2D eigenvalue weighted by Crippen LogP contribution is -2.30. The van der Waals surface area contributed by atoms with Crippen LogP contribution in [-0.2, 0) is 19.6 Å². The van der Waals surface area contributed by atoms with Gasteiger partial charge in [0.1, 0.15) is 0 Å². The summed E-state index contributed by atoms with van der Waals surface area (Å²) < 4.78 is 1.59. The number of hydrogen-bond acceptors (Lipinski definition) is 4. The summed E-state index contributed by atoms with van der Waals surface area (Å²) in [6.45, 7) is 5.92. The predicted octanol–water partition coefficient (Wildman–Crippen LogP) is 2.51. The van der Waals surface area contributed by atoms with Crippen molar-refractivity contribution in [2.45, 2.75) is 33.5 Å². The summed E-state index contributed by atoms with van der Waals surface area (Å²) in [6.07, 6.45) is 0. The molecule has 1 aromatic heterocycles. The standard InChI is InChI=1S/C18H26N4O.ClH/c1-13(2)11-22-18(23)16(12-21(3)4)9-17(20-22)15-7-5-14(10-19)6-8-15;/h5-9,13H,10-12,19H2,1-4H3;1H. The van der Waals surface area contributed by atoms with Gasteiger partial charge >= 0.3 is 0 Å². The molecule has 0 saturated heterocycles. The van der Waals surface area contributed by atoms with E-state index in [9.17, 15) is 4.79 Å². The molecule has 6 heteroatoms. The van der Waals surface area contributed by atoms with E-state index in [0.717, 1.165) is 22.4 Å². The fourth-order valence-corrected chi connectivity index (χ4v) is 2.47. The van der Waals surface area contributed by atoms with E-state index in [1.165, 1.54) is 0 Å². The van der Waals surface area contributed by atoms with Crippen molar-refractivity contribution in [1.29, 1.82) is 0 Å². The zero-order chi connectivity index (χ0) is 17.0. The minimum atomic E-state index is -0.00488. The molecule has 5 nitrogen and oxygen atoms in total. The van der Waals surface area contributed by atoms with Crippen LogP contribution in [0.1, 0.15) is 25.0 Å². The molecule has 0 atom stereocenters. The van der Waals surface area contributed by atoms with Crippen LogP contribution < -0.4 is 11.3 Å². The Kier molecular flexibility index (Phi) is 7.60. The first kappa shape index (κ1) is 20.4. The van der Waals surface area contributed by atoms with E-state index >= 15 is 0 Å². The molecule has 0 saturated carbocycles. The second-order valence-electron chi connectivity index (χ2n) is 6.57. The maximum absolute atomic E-state index is 12.6. The summed E-state index contributed by atoms with van der Waals surface area (Å²) in [6, 6.07) is 9.92. The van der Waals surface area contributed by atoms with Crippen LogP contribution in [0.4, 0.5) is 0 Å². The molecular weight excluding hydrogens is 324 g/mol. The van der Waals surface area contributed by atoms with Crippen LogP contribution in [0.5, 0.6) is 0 Å². The quantitative estimate of drug-likeness (QED) is 0.869. The van der Waals surface area contributed by atoms with Gasteiger partial charge in [0.2, 0.25) is 0 Å². The molecular formula is C18H27ClN4O. The van der Waals surface area contributed by atoms with E-state index in [2.05, 4.69) is 18.9 Å². The van der Waals surface area contributed by atoms with E-state index in [4.69, 9.17) is 5.73 Å². The number of nitrogens with zero attached hydrogens (tertiary/aromatic N) is 3. The van der Waals surface area contributed by atoms with E-state index in [0.29, 0.717) is 25.6 Å². The molecule has 2 aromatic rings. The molecule has 1 aromatic carbocycles.